The van der Waals surface area contributed by atoms with Gasteiger partial charge in [-0.1, -0.05) is 32.0 Å². The van der Waals surface area contributed by atoms with E-state index in [2.05, 4.69) is 5.32 Å². The summed E-state index contributed by atoms with van der Waals surface area (Å²) in [6.45, 7) is 4.58. The summed E-state index contributed by atoms with van der Waals surface area (Å²) < 4.78 is 5.49. The van der Waals surface area contributed by atoms with Crippen LogP contribution >= 0.6 is 11.3 Å². The molecule has 2 saturated heterocycles. The van der Waals surface area contributed by atoms with Crippen LogP contribution in [-0.2, 0) is 14.3 Å². The molecule has 2 aromatic rings. The third-order valence-electron chi connectivity index (χ3n) is 5.66. The Morgan fingerprint density at radius 2 is 2.00 bits per heavy atom. The normalized spacial score (nSPS) is 21.7. The zero-order valence-electron chi connectivity index (χ0n) is 17.2. The number of nitrogens with one attached hydrogen (secondary N) is 1. The Morgan fingerprint density at radius 3 is 2.67 bits per heavy atom. The van der Waals surface area contributed by atoms with Gasteiger partial charge in [-0.3, -0.25) is 14.4 Å². The van der Waals surface area contributed by atoms with Crippen molar-refractivity contribution in [2.45, 2.75) is 44.9 Å². The molecule has 4 rings (SSSR count). The third kappa shape index (κ3) is 4.18. The molecule has 0 saturated carbocycles. The fourth-order valence-corrected chi connectivity index (χ4v) is 4.94. The highest BCUT2D eigenvalue weighted by molar-refractivity contribution is 7.13. The van der Waals surface area contributed by atoms with Gasteiger partial charge >= 0.3 is 0 Å². The molecule has 2 amide bonds. The van der Waals surface area contributed by atoms with Gasteiger partial charge in [0.15, 0.2) is 5.78 Å². The number of Topliss-reactive ketones (excluding diaryl/α,β-unsaturated/α-hetero) is 1. The molecule has 1 aromatic carbocycles. The predicted octanol–water partition coefficient (Wildman–Crippen LogP) is 3.13. The first kappa shape index (κ1) is 20.8. The Labute approximate surface area is 180 Å². The molecule has 0 bridgehead atoms. The van der Waals surface area contributed by atoms with E-state index in [0.29, 0.717) is 24.9 Å². The number of likely N-dealkylation sites (tertiary alicyclic amines) is 1. The standard InChI is InChI=1S/C23H26N2O4S/c1-14(2)12-17(23(28)25-10-9-19-21(25)18(26)13-29-19)24-22(27)16-7-5-15(6-8-16)20-4-3-11-30-20/h3-8,11,14,17,19,21H,9-10,12-13H2,1-2H3,(H,24,27). The fraction of sp³-hybridized carbons (Fsp3) is 0.435. The zero-order chi connectivity index (χ0) is 21.3. The minimum absolute atomic E-state index is 0.0513. The highest BCUT2D eigenvalue weighted by Gasteiger charge is 2.48. The summed E-state index contributed by atoms with van der Waals surface area (Å²) in [7, 11) is 0. The van der Waals surface area contributed by atoms with Gasteiger partial charge in [-0.15, -0.1) is 11.3 Å². The van der Waals surface area contributed by atoms with Gasteiger partial charge in [0.05, 0.1) is 6.10 Å². The fourth-order valence-electron chi connectivity index (χ4n) is 4.20. The van der Waals surface area contributed by atoms with E-state index in [1.54, 1.807) is 28.4 Å². The maximum Gasteiger partial charge on any atom is 0.251 e. The number of ether oxygens (including phenoxy) is 1. The van der Waals surface area contributed by atoms with E-state index in [0.717, 1.165) is 10.4 Å². The van der Waals surface area contributed by atoms with Crippen LogP contribution in [0.3, 0.4) is 0 Å². The van der Waals surface area contributed by atoms with Crippen LogP contribution in [0.15, 0.2) is 41.8 Å². The second-order valence-corrected chi connectivity index (χ2v) is 9.24. The Morgan fingerprint density at radius 1 is 1.23 bits per heavy atom. The van der Waals surface area contributed by atoms with E-state index in [9.17, 15) is 14.4 Å². The Hall–Kier alpha value is -2.51. The molecule has 1 N–H and O–H groups in total. The van der Waals surface area contributed by atoms with Gasteiger partial charge in [0.25, 0.3) is 5.91 Å². The van der Waals surface area contributed by atoms with Gasteiger partial charge in [0.2, 0.25) is 5.91 Å². The van der Waals surface area contributed by atoms with Gasteiger partial charge in [0, 0.05) is 17.0 Å². The molecular weight excluding hydrogens is 400 g/mol. The number of amides is 2. The number of hydrogen-bond acceptors (Lipinski definition) is 5. The van der Waals surface area contributed by atoms with Crippen molar-refractivity contribution in [2.24, 2.45) is 5.92 Å². The summed E-state index contributed by atoms with van der Waals surface area (Å²) in [5.41, 5.74) is 1.57. The molecule has 1 aromatic heterocycles. The summed E-state index contributed by atoms with van der Waals surface area (Å²) in [6.07, 6.45) is 0.969. The Bertz CT molecular complexity index is 923. The zero-order valence-corrected chi connectivity index (χ0v) is 18.0. The lowest BCUT2D eigenvalue weighted by atomic mass is 10.0. The molecule has 30 heavy (non-hydrogen) atoms. The van der Waals surface area contributed by atoms with E-state index >= 15 is 0 Å². The maximum absolute atomic E-state index is 13.3. The molecule has 0 radical (unpaired) electrons. The van der Waals surface area contributed by atoms with Crippen molar-refractivity contribution in [1.82, 2.24) is 10.2 Å². The number of carbonyl (C=O) groups excluding carboxylic acids is 3. The van der Waals surface area contributed by atoms with Gasteiger partial charge in [-0.2, -0.15) is 0 Å². The van der Waals surface area contributed by atoms with E-state index < -0.39 is 12.1 Å². The number of carbonyl (C=O) groups is 3. The highest BCUT2D eigenvalue weighted by atomic mass is 32.1. The second kappa shape index (κ2) is 8.70. The molecule has 3 atom stereocenters. The highest BCUT2D eigenvalue weighted by Crippen LogP contribution is 2.28. The first-order chi connectivity index (χ1) is 14.4. The van der Waals surface area contributed by atoms with Crippen LogP contribution in [0.4, 0.5) is 0 Å². The van der Waals surface area contributed by atoms with E-state index in [-0.39, 0.29) is 36.2 Å². The van der Waals surface area contributed by atoms with Crippen molar-refractivity contribution in [3.8, 4) is 10.4 Å². The minimum Gasteiger partial charge on any atom is -0.368 e. The number of nitrogens with zero attached hydrogens (tertiary/aromatic N) is 1. The molecule has 2 aliphatic rings. The lowest BCUT2D eigenvalue weighted by Gasteiger charge is -2.28. The van der Waals surface area contributed by atoms with Crippen LogP contribution < -0.4 is 5.32 Å². The lowest BCUT2D eigenvalue weighted by Crippen LogP contribution is -2.52. The Balaban J connectivity index is 1.48. The first-order valence-electron chi connectivity index (χ1n) is 10.3. The molecule has 0 spiro atoms. The van der Waals surface area contributed by atoms with E-state index in [4.69, 9.17) is 4.74 Å². The van der Waals surface area contributed by atoms with Crippen molar-refractivity contribution in [2.75, 3.05) is 13.2 Å². The molecule has 0 aliphatic carbocycles. The van der Waals surface area contributed by atoms with Gasteiger partial charge in [-0.25, -0.2) is 0 Å². The number of hydrogen-bond donors (Lipinski definition) is 1. The second-order valence-electron chi connectivity index (χ2n) is 8.29. The number of rotatable bonds is 6. The summed E-state index contributed by atoms with van der Waals surface area (Å²) in [5, 5.41) is 4.93. The number of ketones is 1. The number of thiophene rings is 1. The quantitative estimate of drug-likeness (QED) is 0.770. The number of fused-ring (bicyclic) bond motifs is 1. The van der Waals surface area contributed by atoms with Crippen LogP contribution in [-0.4, -0.2) is 53.8 Å². The van der Waals surface area contributed by atoms with Gasteiger partial charge in [0.1, 0.15) is 18.7 Å². The van der Waals surface area contributed by atoms with Crippen molar-refractivity contribution in [1.29, 1.82) is 0 Å². The van der Waals surface area contributed by atoms with Crippen LogP contribution in [0.5, 0.6) is 0 Å². The van der Waals surface area contributed by atoms with Crippen LogP contribution in [0.25, 0.3) is 10.4 Å². The third-order valence-corrected chi connectivity index (χ3v) is 6.58. The molecule has 158 valence electrons. The SMILES string of the molecule is CC(C)CC(NC(=O)c1ccc(-c2cccs2)cc1)C(=O)N1CCC2OCC(=O)C21. The van der Waals surface area contributed by atoms with E-state index in [1.165, 1.54) is 0 Å². The largest absolute Gasteiger partial charge is 0.368 e. The molecule has 3 unspecified atom stereocenters. The molecule has 3 heterocycles. The van der Waals surface area contributed by atoms with E-state index in [1.807, 2.05) is 43.5 Å². The number of benzene rings is 1. The smallest absolute Gasteiger partial charge is 0.251 e. The van der Waals surface area contributed by atoms with Crippen LogP contribution in [0.1, 0.15) is 37.0 Å². The lowest BCUT2D eigenvalue weighted by molar-refractivity contribution is -0.138. The predicted molar refractivity (Wildman–Crippen MR) is 115 cm³/mol. The van der Waals surface area contributed by atoms with Gasteiger partial charge < -0.3 is 15.0 Å². The Kier molecular flexibility index (Phi) is 6.01. The summed E-state index contributed by atoms with van der Waals surface area (Å²) in [4.78, 5) is 41.1. The average Bonchev–Trinajstić information content (AvgIpc) is 3.46. The van der Waals surface area contributed by atoms with Crippen LogP contribution in [0.2, 0.25) is 0 Å². The summed E-state index contributed by atoms with van der Waals surface area (Å²) in [6, 6.07) is 10.2. The molecule has 2 aliphatic heterocycles. The van der Waals surface area contributed by atoms with Crippen molar-refractivity contribution >= 4 is 28.9 Å². The molecule has 7 heteroatoms. The maximum atomic E-state index is 13.3. The minimum atomic E-state index is -0.665. The summed E-state index contributed by atoms with van der Waals surface area (Å²) in [5.74, 6) is -0.311. The van der Waals surface area contributed by atoms with Gasteiger partial charge in [-0.05, 0) is 47.9 Å². The molecular formula is C23H26N2O4S. The van der Waals surface area contributed by atoms with Crippen molar-refractivity contribution in [3.63, 3.8) is 0 Å². The summed E-state index contributed by atoms with van der Waals surface area (Å²) >= 11 is 1.64. The average molecular weight is 427 g/mol. The molecule has 6 nitrogen and oxygen atoms in total. The molecule has 2 fully saturated rings. The topological polar surface area (TPSA) is 75.7 Å². The monoisotopic (exact) mass is 426 g/mol. The van der Waals surface area contributed by atoms with Crippen molar-refractivity contribution < 1.29 is 19.1 Å². The van der Waals surface area contributed by atoms with Crippen LogP contribution in [0, 0.1) is 5.92 Å². The van der Waals surface area contributed by atoms with Crippen molar-refractivity contribution in [3.05, 3.63) is 47.3 Å². The first-order valence-corrected chi connectivity index (χ1v) is 11.2.